The summed E-state index contributed by atoms with van der Waals surface area (Å²) in [5.41, 5.74) is 2.56. The first kappa shape index (κ1) is 15.4. The van der Waals surface area contributed by atoms with Gasteiger partial charge in [-0.2, -0.15) is 0 Å². The number of hydrogen-bond acceptors (Lipinski definition) is 3. The third-order valence-electron chi connectivity index (χ3n) is 5.28. The molecule has 126 valence electrons. The highest BCUT2D eigenvalue weighted by molar-refractivity contribution is 5.84. The maximum absolute atomic E-state index is 13.1. The number of hydrogen-bond donors (Lipinski definition) is 0. The second-order valence-corrected chi connectivity index (χ2v) is 7.18. The molecule has 4 rings (SSSR count). The van der Waals surface area contributed by atoms with Crippen LogP contribution in [0.3, 0.4) is 0 Å². The molecule has 5 heteroatoms. The number of carbonyl (C=O) groups excluding carboxylic acids is 1. The van der Waals surface area contributed by atoms with Gasteiger partial charge < -0.3 is 9.47 Å². The quantitative estimate of drug-likeness (QED) is 0.853. The third-order valence-corrected chi connectivity index (χ3v) is 5.28. The van der Waals surface area contributed by atoms with Crippen molar-refractivity contribution in [1.82, 2.24) is 19.7 Å². The molecule has 2 heterocycles. The fourth-order valence-corrected chi connectivity index (χ4v) is 4.03. The van der Waals surface area contributed by atoms with Crippen LogP contribution in [0.2, 0.25) is 0 Å². The molecule has 1 aromatic carbocycles. The molecule has 0 bridgehead atoms. The van der Waals surface area contributed by atoms with E-state index in [-0.39, 0.29) is 11.8 Å². The second kappa shape index (κ2) is 6.04. The molecule has 1 aromatic heterocycles. The fraction of sp³-hybridized carbons (Fsp3) is 0.526. The standard InChI is InChI=1S/C19H24N4O/c1-13(2)18-21-20-17-12-22(10-11-23(17)18)19(24)16-9-5-7-14-6-3-4-8-15(14)16/h3-4,6,8,13,16H,5,7,9-12H2,1-2H3/t16-/m1/s1. The maximum Gasteiger partial charge on any atom is 0.230 e. The molecule has 1 aliphatic carbocycles. The molecule has 0 saturated carbocycles. The summed E-state index contributed by atoms with van der Waals surface area (Å²) in [4.78, 5) is 15.1. The molecule has 0 fully saturated rings. The van der Waals surface area contributed by atoms with Gasteiger partial charge in [-0.25, -0.2) is 0 Å². The minimum absolute atomic E-state index is 0.00832. The second-order valence-electron chi connectivity index (χ2n) is 7.18. The van der Waals surface area contributed by atoms with Gasteiger partial charge >= 0.3 is 0 Å². The van der Waals surface area contributed by atoms with Crippen molar-refractivity contribution in [2.45, 2.75) is 58.0 Å². The SMILES string of the molecule is CC(C)c1nnc2n1CCN(C(=O)[C@@H]1CCCc3ccccc31)C2. The van der Waals surface area contributed by atoms with Crippen molar-refractivity contribution in [2.75, 3.05) is 6.54 Å². The Kier molecular flexibility index (Phi) is 3.87. The molecule has 1 atom stereocenters. The smallest absolute Gasteiger partial charge is 0.230 e. The van der Waals surface area contributed by atoms with Gasteiger partial charge in [0.25, 0.3) is 0 Å². The van der Waals surface area contributed by atoms with Crippen LogP contribution in [0, 0.1) is 0 Å². The molecule has 0 spiro atoms. The Labute approximate surface area is 142 Å². The zero-order valence-corrected chi connectivity index (χ0v) is 14.4. The van der Waals surface area contributed by atoms with Crippen molar-refractivity contribution in [1.29, 1.82) is 0 Å². The van der Waals surface area contributed by atoms with E-state index in [0.29, 0.717) is 12.5 Å². The first-order valence-electron chi connectivity index (χ1n) is 8.93. The predicted octanol–water partition coefficient (Wildman–Crippen LogP) is 2.86. The van der Waals surface area contributed by atoms with Gasteiger partial charge in [-0.05, 0) is 30.4 Å². The summed E-state index contributed by atoms with van der Waals surface area (Å²) in [5.74, 6) is 2.57. The summed E-state index contributed by atoms with van der Waals surface area (Å²) in [6.07, 6.45) is 3.14. The topological polar surface area (TPSA) is 51.0 Å². The van der Waals surface area contributed by atoms with E-state index in [0.717, 1.165) is 44.0 Å². The lowest BCUT2D eigenvalue weighted by Gasteiger charge is -2.33. The highest BCUT2D eigenvalue weighted by atomic mass is 16.2. The summed E-state index contributed by atoms with van der Waals surface area (Å²) >= 11 is 0. The van der Waals surface area contributed by atoms with Gasteiger partial charge in [-0.15, -0.1) is 10.2 Å². The minimum Gasteiger partial charge on any atom is -0.333 e. The van der Waals surface area contributed by atoms with Crippen molar-refractivity contribution in [3.8, 4) is 0 Å². The van der Waals surface area contributed by atoms with E-state index in [1.165, 1.54) is 11.1 Å². The van der Waals surface area contributed by atoms with Crippen LogP contribution in [0.4, 0.5) is 0 Å². The van der Waals surface area contributed by atoms with Gasteiger partial charge in [0, 0.05) is 19.0 Å². The van der Waals surface area contributed by atoms with Gasteiger partial charge in [0.2, 0.25) is 5.91 Å². The summed E-state index contributed by atoms with van der Waals surface area (Å²) in [6.45, 7) is 6.40. The number of amides is 1. The lowest BCUT2D eigenvalue weighted by atomic mass is 9.82. The van der Waals surface area contributed by atoms with Gasteiger partial charge in [-0.1, -0.05) is 38.1 Å². The van der Waals surface area contributed by atoms with Crippen LogP contribution in [-0.2, 0) is 24.3 Å². The van der Waals surface area contributed by atoms with Gasteiger partial charge in [0.1, 0.15) is 5.82 Å². The van der Waals surface area contributed by atoms with E-state index in [9.17, 15) is 4.79 Å². The fourth-order valence-electron chi connectivity index (χ4n) is 4.03. The van der Waals surface area contributed by atoms with Crippen molar-refractivity contribution in [2.24, 2.45) is 0 Å². The molecule has 1 amide bonds. The van der Waals surface area contributed by atoms with Crippen LogP contribution in [0.15, 0.2) is 24.3 Å². The molecule has 5 nitrogen and oxygen atoms in total. The van der Waals surface area contributed by atoms with Crippen LogP contribution < -0.4 is 0 Å². The highest BCUT2D eigenvalue weighted by Crippen LogP contribution is 2.33. The molecule has 1 aliphatic heterocycles. The molecule has 0 saturated heterocycles. The minimum atomic E-state index is 0.00832. The van der Waals surface area contributed by atoms with E-state index in [4.69, 9.17) is 0 Å². The van der Waals surface area contributed by atoms with E-state index < -0.39 is 0 Å². The van der Waals surface area contributed by atoms with E-state index >= 15 is 0 Å². The molecule has 0 radical (unpaired) electrons. The number of carbonyl (C=O) groups is 1. The molecule has 2 aromatic rings. The average molecular weight is 324 g/mol. The first-order chi connectivity index (χ1) is 11.6. The lowest BCUT2D eigenvalue weighted by molar-refractivity contribution is -0.134. The first-order valence-corrected chi connectivity index (χ1v) is 8.93. The van der Waals surface area contributed by atoms with Gasteiger partial charge in [-0.3, -0.25) is 4.79 Å². The Morgan fingerprint density at radius 3 is 2.88 bits per heavy atom. The molecular formula is C19H24N4O. The van der Waals surface area contributed by atoms with Crippen LogP contribution in [0.1, 0.15) is 61.3 Å². The average Bonchev–Trinajstić information content (AvgIpc) is 3.04. The van der Waals surface area contributed by atoms with E-state index in [2.05, 4.69) is 46.8 Å². The number of benzene rings is 1. The Hall–Kier alpha value is -2.17. The highest BCUT2D eigenvalue weighted by Gasteiger charge is 2.32. The third kappa shape index (κ3) is 2.52. The largest absolute Gasteiger partial charge is 0.333 e. The van der Waals surface area contributed by atoms with Crippen molar-refractivity contribution >= 4 is 5.91 Å². The Morgan fingerprint density at radius 1 is 1.21 bits per heavy atom. The van der Waals surface area contributed by atoms with Crippen LogP contribution in [0.25, 0.3) is 0 Å². The number of aromatic nitrogens is 3. The number of nitrogens with zero attached hydrogens (tertiary/aromatic N) is 4. The maximum atomic E-state index is 13.1. The van der Waals surface area contributed by atoms with E-state index in [1.54, 1.807) is 0 Å². The molecule has 2 aliphatic rings. The summed E-state index contributed by atoms with van der Waals surface area (Å²) in [7, 11) is 0. The van der Waals surface area contributed by atoms with Gasteiger partial charge in [0.05, 0.1) is 12.5 Å². The normalized spacial score (nSPS) is 20.0. The Morgan fingerprint density at radius 2 is 2.04 bits per heavy atom. The molecule has 24 heavy (non-hydrogen) atoms. The monoisotopic (exact) mass is 324 g/mol. The van der Waals surface area contributed by atoms with Crippen LogP contribution >= 0.6 is 0 Å². The van der Waals surface area contributed by atoms with Gasteiger partial charge in [0.15, 0.2) is 5.82 Å². The number of fused-ring (bicyclic) bond motifs is 2. The zero-order chi connectivity index (χ0) is 16.7. The van der Waals surface area contributed by atoms with Crippen LogP contribution in [0.5, 0.6) is 0 Å². The summed E-state index contributed by atoms with van der Waals surface area (Å²) in [5, 5.41) is 8.63. The Balaban J connectivity index is 1.56. The van der Waals surface area contributed by atoms with Crippen molar-refractivity contribution < 1.29 is 4.79 Å². The van der Waals surface area contributed by atoms with Crippen molar-refractivity contribution in [3.63, 3.8) is 0 Å². The summed E-state index contributed by atoms with van der Waals surface area (Å²) < 4.78 is 2.18. The molecule has 0 N–H and O–H groups in total. The number of rotatable bonds is 2. The zero-order valence-electron chi connectivity index (χ0n) is 14.4. The summed E-state index contributed by atoms with van der Waals surface area (Å²) in [6, 6.07) is 8.41. The lowest BCUT2D eigenvalue weighted by Crippen LogP contribution is -2.42. The Bertz CT molecular complexity index is 764. The van der Waals surface area contributed by atoms with Crippen molar-refractivity contribution in [3.05, 3.63) is 47.0 Å². The van der Waals surface area contributed by atoms with Crippen LogP contribution in [-0.4, -0.2) is 32.1 Å². The predicted molar refractivity (Wildman–Crippen MR) is 91.6 cm³/mol. The van der Waals surface area contributed by atoms with E-state index in [1.807, 2.05) is 11.0 Å². The molecule has 0 unspecified atom stereocenters. The molecular weight excluding hydrogens is 300 g/mol. The number of aryl methyl sites for hydroxylation is 1.